The maximum Gasteiger partial charge on any atom is 0.416 e. The first kappa shape index (κ1) is 18.8. The van der Waals surface area contributed by atoms with Crippen molar-refractivity contribution >= 4 is 10.1 Å². The molecule has 10 heteroatoms. The van der Waals surface area contributed by atoms with Crippen molar-refractivity contribution in [1.29, 1.82) is 0 Å². The second-order valence-corrected chi connectivity index (χ2v) is 6.22. The van der Waals surface area contributed by atoms with E-state index in [1.807, 2.05) is 0 Å². The Morgan fingerprint density at radius 3 is 2.12 bits per heavy atom. The average Bonchev–Trinajstić information content (AvgIpc) is 2.53. The molecule has 0 unspecified atom stereocenters. The average molecular weight is 380 g/mol. The molecule has 0 bridgehead atoms. The van der Waals surface area contributed by atoms with Gasteiger partial charge >= 0.3 is 16.3 Å². The summed E-state index contributed by atoms with van der Waals surface area (Å²) in [6.07, 6.45) is -4.68. The van der Waals surface area contributed by atoms with Crippen LogP contribution in [0.4, 0.5) is 17.6 Å². The molecular weight excluding hydrogens is 368 g/mol. The number of benzene rings is 2. The molecule has 0 atom stereocenters. The van der Waals surface area contributed by atoms with Gasteiger partial charge in [0.15, 0.2) is 11.5 Å². The topological polar surface area (TPSA) is 61.8 Å². The van der Waals surface area contributed by atoms with Crippen LogP contribution in [-0.2, 0) is 16.3 Å². The minimum Gasteiger partial charge on any atom is -0.493 e. The molecule has 0 aliphatic heterocycles. The quantitative estimate of drug-likeness (QED) is 0.586. The van der Waals surface area contributed by atoms with E-state index in [2.05, 4.69) is 4.18 Å². The van der Waals surface area contributed by atoms with Gasteiger partial charge in [-0.25, -0.2) is 4.39 Å². The molecule has 0 N–H and O–H groups in total. The van der Waals surface area contributed by atoms with E-state index in [4.69, 9.17) is 9.47 Å². The maximum atomic E-state index is 14.0. The summed E-state index contributed by atoms with van der Waals surface area (Å²) in [6.45, 7) is 0. The number of methoxy groups -OCH3 is 2. The standard InChI is InChI=1S/C15H12F4O5S/c1-22-12-7-11(16)14(8-13(12)23-2)25(20,21)24-10-5-3-4-9(6-10)15(17,18)19/h3-8H,1-2H3. The Hall–Kier alpha value is -2.49. The highest BCUT2D eigenvalue weighted by molar-refractivity contribution is 7.87. The Morgan fingerprint density at radius 1 is 0.960 bits per heavy atom. The smallest absolute Gasteiger partial charge is 0.416 e. The van der Waals surface area contributed by atoms with E-state index in [0.29, 0.717) is 6.07 Å². The SMILES string of the molecule is COc1cc(F)c(S(=O)(=O)Oc2cccc(C(F)(F)F)c2)cc1OC. The van der Waals surface area contributed by atoms with Crippen molar-refractivity contribution in [3.05, 3.63) is 47.8 Å². The van der Waals surface area contributed by atoms with Gasteiger partial charge in [0.05, 0.1) is 19.8 Å². The third-order valence-corrected chi connectivity index (χ3v) is 4.34. The Kier molecular flexibility index (Phi) is 5.12. The Balaban J connectivity index is 2.44. The highest BCUT2D eigenvalue weighted by Gasteiger charge is 2.31. The van der Waals surface area contributed by atoms with E-state index in [9.17, 15) is 26.0 Å². The van der Waals surface area contributed by atoms with Crippen molar-refractivity contribution in [2.24, 2.45) is 0 Å². The zero-order valence-electron chi connectivity index (χ0n) is 12.9. The minimum absolute atomic E-state index is 0.0574. The van der Waals surface area contributed by atoms with Gasteiger partial charge in [0.1, 0.15) is 16.5 Å². The third kappa shape index (κ3) is 4.13. The second-order valence-electron chi connectivity index (χ2n) is 4.70. The first-order chi connectivity index (χ1) is 11.6. The normalized spacial score (nSPS) is 11.9. The van der Waals surface area contributed by atoms with Gasteiger partial charge in [-0.2, -0.15) is 21.6 Å². The van der Waals surface area contributed by atoms with E-state index < -0.39 is 38.3 Å². The summed E-state index contributed by atoms with van der Waals surface area (Å²) < 4.78 is 90.8. The van der Waals surface area contributed by atoms with E-state index in [0.717, 1.165) is 30.3 Å². The zero-order chi connectivity index (χ0) is 18.8. The fourth-order valence-corrected chi connectivity index (χ4v) is 2.92. The van der Waals surface area contributed by atoms with Crippen molar-refractivity contribution in [3.63, 3.8) is 0 Å². The van der Waals surface area contributed by atoms with Crippen molar-refractivity contribution in [2.45, 2.75) is 11.1 Å². The number of halogens is 4. The maximum absolute atomic E-state index is 14.0. The molecule has 0 spiro atoms. The molecule has 0 fully saturated rings. The van der Waals surface area contributed by atoms with Crippen LogP contribution in [0.3, 0.4) is 0 Å². The van der Waals surface area contributed by atoms with Gasteiger partial charge in [-0.05, 0) is 18.2 Å². The lowest BCUT2D eigenvalue weighted by atomic mass is 10.2. The monoisotopic (exact) mass is 380 g/mol. The van der Waals surface area contributed by atoms with Gasteiger partial charge in [0, 0.05) is 12.1 Å². The van der Waals surface area contributed by atoms with E-state index >= 15 is 0 Å². The van der Waals surface area contributed by atoms with Crippen molar-refractivity contribution in [3.8, 4) is 17.2 Å². The molecule has 25 heavy (non-hydrogen) atoms. The van der Waals surface area contributed by atoms with Crippen LogP contribution < -0.4 is 13.7 Å². The molecule has 0 amide bonds. The molecule has 0 saturated carbocycles. The summed E-state index contributed by atoms with van der Waals surface area (Å²) >= 11 is 0. The number of rotatable bonds is 5. The van der Waals surface area contributed by atoms with Gasteiger partial charge in [-0.1, -0.05) is 6.07 Å². The summed E-state index contributed by atoms with van der Waals surface area (Å²) in [6, 6.07) is 4.80. The van der Waals surface area contributed by atoms with E-state index in [1.54, 1.807) is 0 Å². The molecule has 5 nitrogen and oxygen atoms in total. The number of hydrogen-bond donors (Lipinski definition) is 0. The van der Waals surface area contributed by atoms with Crippen molar-refractivity contribution < 1.29 is 39.6 Å². The lowest BCUT2D eigenvalue weighted by Crippen LogP contribution is -2.13. The number of hydrogen-bond acceptors (Lipinski definition) is 5. The molecule has 2 aromatic rings. The van der Waals surface area contributed by atoms with Crippen molar-refractivity contribution in [1.82, 2.24) is 0 Å². The van der Waals surface area contributed by atoms with Gasteiger partial charge < -0.3 is 13.7 Å². The molecule has 136 valence electrons. The first-order valence-corrected chi connectivity index (χ1v) is 8.02. The molecule has 0 radical (unpaired) electrons. The van der Waals surface area contributed by atoms with Gasteiger partial charge in [0.25, 0.3) is 0 Å². The van der Waals surface area contributed by atoms with Gasteiger partial charge in [-0.3, -0.25) is 0 Å². The third-order valence-electron chi connectivity index (χ3n) is 3.07. The molecule has 0 aromatic heterocycles. The van der Waals surface area contributed by atoms with Crippen LogP contribution in [0.5, 0.6) is 17.2 Å². The highest BCUT2D eigenvalue weighted by Crippen LogP contribution is 2.34. The number of ether oxygens (including phenoxy) is 2. The Morgan fingerprint density at radius 2 is 1.56 bits per heavy atom. The molecule has 0 saturated heterocycles. The van der Waals surface area contributed by atoms with E-state index in [1.165, 1.54) is 14.2 Å². The first-order valence-electron chi connectivity index (χ1n) is 6.61. The minimum atomic E-state index is -4.74. The summed E-state index contributed by atoms with van der Waals surface area (Å²) in [7, 11) is -2.31. The van der Waals surface area contributed by atoms with E-state index in [-0.39, 0.29) is 11.5 Å². The summed E-state index contributed by atoms with van der Waals surface area (Å²) in [5.74, 6) is -1.96. The highest BCUT2D eigenvalue weighted by atomic mass is 32.2. The summed E-state index contributed by atoms with van der Waals surface area (Å²) in [5, 5.41) is 0. The van der Waals surface area contributed by atoms with Crippen LogP contribution >= 0.6 is 0 Å². The second kappa shape index (κ2) is 6.79. The Bertz CT molecular complexity index is 878. The largest absolute Gasteiger partial charge is 0.493 e. The van der Waals surface area contributed by atoms with Crippen LogP contribution in [-0.4, -0.2) is 22.6 Å². The van der Waals surface area contributed by atoms with Gasteiger partial charge in [0.2, 0.25) is 0 Å². The Labute approximate surface area is 140 Å². The zero-order valence-corrected chi connectivity index (χ0v) is 13.7. The summed E-state index contributed by atoms with van der Waals surface area (Å²) in [4.78, 5) is -0.900. The predicted octanol–water partition coefficient (Wildman–Crippen LogP) is 3.63. The molecule has 0 heterocycles. The fourth-order valence-electron chi connectivity index (χ4n) is 1.92. The lowest BCUT2D eigenvalue weighted by Gasteiger charge is -2.13. The lowest BCUT2D eigenvalue weighted by molar-refractivity contribution is -0.137. The molecule has 2 rings (SSSR count). The van der Waals surface area contributed by atoms with Crippen LogP contribution in [0.15, 0.2) is 41.3 Å². The van der Waals surface area contributed by atoms with Crippen LogP contribution in [0.2, 0.25) is 0 Å². The van der Waals surface area contributed by atoms with Crippen molar-refractivity contribution in [2.75, 3.05) is 14.2 Å². The molecule has 2 aromatic carbocycles. The van der Waals surface area contributed by atoms with Crippen LogP contribution in [0, 0.1) is 5.82 Å². The van der Waals surface area contributed by atoms with Crippen LogP contribution in [0.1, 0.15) is 5.56 Å². The number of alkyl halides is 3. The summed E-state index contributed by atoms with van der Waals surface area (Å²) in [5.41, 5.74) is -1.10. The van der Waals surface area contributed by atoms with Gasteiger partial charge in [-0.15, -0.1) is 0 Å². The predicted molar refractivity (Wildman–Crippen MR) is 78.8 cm³/mol. The molecule has 0 aliphatic carbocycles. The molecule has 0 aliphatic rings. The molecular formula is C15H12F4O5S. The fraction of sp³-hybridized carbons (Fsp3) is 0.200. The van der Waals surface area contributed by atoms with Crippen LogP contribution in [0.25, 0.3) is 0 Å².